The quantitative estimate of drug-likeness (QED) is 0.559. The zero-order valence-corrected chi connectivity index (χ0v) is 21.7. The van der Waals surface area contributed by atoms with E-state index >= 15 is 0 Å². The number of thiophene rings is 1. The maximum absolute atomic E-state index is 10.4. The number of hydrogen-bond acceptors (Lipinski definition) is 7. The lowest BCUT2D eigenvalue weighted by Gasteiger charge is -2.37. The molecule has 186 valence electrons. The smallest absolute Gasteiger partial charge is 0.226 e. The van der Waals surface area contributed by atoms with Crippen LogP contribution in [0.3, 0.4) is 0 Å². The third-order valence-electron chi connectivity index (χ3n) is 8.15. The fourth-order valence-electron chi connectivity index (χ4n) is 6.03. The van der Waals surface area contributed by atoms with Crippen molar-refractivity contribution in [3.05, 3.63) is 40.3 Å². The number of morpholine rings is 1. The summed E-state index contributed by atoms with van der Waals surface area (Å²) in [6.07, 6.45) is 5.62. The van der Waals surface area contributed by atoms with E-state index < -0.39 is 5.60 Å². The van der Waals surface area contributed by atoms with Crippen LogP contribution in [-0.4, -0.2) is 65.0 Å². The minimum Gasteiger partial charge on any atom is -0.390 e. The maximum atomic E-state index is 10.4. The van der Waals surface area contributed by atoms with Crippen molar-refractivity contribution < 1.29 is 9.84 Å². The third kappa shape index (κ3) is 4.59. The highest BCUT2D eigenvalue weighted by Gasteiger charge is 2.31. The largest absolute Gasteiger partial charge is 0.390 e. The molecular weight excluding hydrogens is 456 g/mol. The first kappa shape index (κ1) is 23.3. The Labute approximate surface area is 211 Å². The number of aliphatic hydroxyl groups is 1. The monoisotopic (exact) mass is 492 g/mol. The molecule has 2 aliphatic heterocycles. The van der Waals surface area contributed by atoms with Crippen LogP contribution >= 0.6 is 11.3 Å². The minimum atomic E-state index is -0.591. The van der Waals surface area contributed by atoms with Crippen LogP contribution in [0.1, 0.15) is 49.8 Å². The first-order chi connectivity index (χ1) is 17.0. The van der Waals surface area contributed by atoms with Crippen molar-refractivity contribution in [1.29, 1.82) is 0 Å². The molecule has 2 aromatic heterocycles. The zero-order valence-electron chi connectivity index (χ0n) is 20.9. The van der Waals surface area contributed by atoms with Gasteiger partial charge in [-0.05, 0) is 81.5 Å². The molecule has 6 rings (SSSR count). The number of likely N-dealkylation sites (tertiary alicyclic amines) is 1. The molecule has 0 amide bonds. The Balaban J connectivity index is 1.37. The third-order valence-corrected chi connectivity index (χ3v) is 9.18. The number of aromatic nitrogens is 2. The van der Waals surface area contributed by atoms with E-state index in [1.807, 2.05) is 13.8 Å². The number of piperidine rings is 1. The lowest BCUT2D eigenvalue weighted by atomic mass is 9.83. The van der Waals surface area contributed by atoms with E-state index in [1.54, 1.807) is 11.3 Å². The second-order valence-corrected chi connectivity index (χ2v) is 11.8. The number of fused-ring (bicyclic) bond motifs is 2. The molecule has 7 heteroatoms. The summed E-state index contributed by atoms with van der Waals surface area (Å²) in [6.45, 7) is 9.97. The molecule has 2 fully saturated rings. The second kappa shape index (κ2) is 9.43. The minimum absolute atomic E-state index is 0.375. The Morgan fingerprint density at radius 1 is 1.09 bits per heavy atom. The summed E-state index contributed by atoms with van der Waals surface area (Å²) < 4.78 is 6.82. The van der Waals surface area contributed by atoms with Crippen molar-refractivity contribution >= 4 is 27.5 Å². The van der Waals surface area contributed by atoms with E-state index in [1.165, 1.54) is 39.8 Å². The summed E-state index contributed by atoms with van der Waals surface area (Å²) >= 11 is 1.79. The first-order valence-electron chi connectivity index (χ1n) is 13.1. The normalized spacial score (nSPS) is 20.0. The van der Waals surface area contributed by atoms with Gasteiger partial charge in [-0.25, -0.2) is 9.97 Å². The molecule has 0 unspecified atom stereocenters. The molecule has 6 nitrogen and oxygen atoms in total. The average Bonchev–Trinajstić information content (AvgIpc) is 3.51. The molecule has 0 atom stereocenters. The van der Waals surface area contributed by atoms with Gasteiger partial charge in [0.25, 0.3) is 0 Å². The molecule has 3 aliphatic rings. The molecule has 1 aliphatic carbocycles. The Kier molecular flexibility index (Phi) is 6.29. The summed E-state index contributed by atoms with van der Waals surface area (Å²) in [5.74, 6) is 1.21. The van der Waals surface area contributed by atoms with Gasteiger partial charge in [0.15, 0.2) is 0 Å². The number of ether oxygens (including phenoxy) is 1. The van der Waals surface area contributed by atoms with E-state index in [2.05, 4.69) is 33.4 Å². The van der Waals surface area contributed by atoms with Crippen LogP contribution in [0.4, 0.5) is 5.95 Å². The SMILES string of the molecule is CC(C)(O)C1CCN(Cc2csc3c(-c4cccc5c4CCC5)nc(N4CCOCC4)nc23)CC1. The standard InChI is InChI=1S/C28H36N4O2S/c1-28(2,33)21-9-11-31(12-10-21)17-20-18-35-26-24(20)29-27(32-13-15-34-16-14-32)30-25(26)23-8-4-6-19-5-3-7-22(19)23/h4,6,8,18,21,33H,3,5,7,9-17H2,1-2H3. The van der Waals surface area contributed by atoms with Crippen molar-refractivity contribution in [3.63, 3.8) is 0 Å². The van der Waals surface area contributed by atoms with E-state index in [4.69, 9.17) is 14.7 Å². The highest BCUT2D eigenvalue weighted by Crippen LogP contribution is 2.39. The van der Waals surface area contributed by atoms with Gasteiger partial charge in [0.1, 0.15) is 0 Å². The molecule has 0 saturated carbocycles. The van der Waals surface area contributed by atoms with Gasteiger partial charge in [-0.2, -0.15) is 0 Å². The van der Waals surface area contributed by atoms with Crippen LogP contribution in [0, 0.1) is 5.92 Å². The van der Waals surface area contributed by atoms with Gasteiger partial charge in [0.2, 0.25) is 5.95 Å². The first-order valence-corrected chi connectivity index (χ1v) is 14.0. The van der Waals surface area contributed by atoms with Crippen LogP contribution in [-0.2, 0) is 24.1 Å². The van der Waals surface area contributed by atoms with Gasteiger partial charge in [-0.3, -0.25) is 4.90 Å². The van der Waals surface area contributed by atoms with E-state index in [0.717, 1.165) is 82.4 Å². The van der Waals surface area contributed by atoms with Gasteiger partial charge < -0.3 is 14.7 Å². The maximum Gasteiger partial charge on any atom is 0.226 e. The molecule has 0 radical (unpaired) electrons. The van der Waals surface area contributed by atoms with Crippen molar-refractivity contribution in [3.8, 4) is 11.3 Å². The number of benzene rings is 1. The van der Waals surface area contributed by atoms with Crippen molar-refractivity contribution in [2.24, 2.45) is 5.92 Å². The number of hydrogen-bond donors (Lipinski definition) is 1. The summed E-state index contributed by atoms with van der Waals surface area (Å²) in [6, 6.07) is 6.74. The van der Waals surface area contributed by atoms with Crippen molar-refractivity contribution in [2.75, 3.05) is 44.3 Å². The molecule has 0 bridgehead atoms. The van der Waals surface area contributed by atoms with Gasteiger partial charge in [0, 0.05) is 30.8 Å². The van der Waals surface area contributed by atoms with Crippen LogP contribution in [0.5, 0.6) is 0 Å². The molecule has 0 spiro atoms. The van der Waals surface area contributed by atoms with Crippen LogP contribution in [0.2, 0.25) is 0 Å². The number of rotatable bonds is 5. The topological polar surface area (TPSA) is 61.7 Å². The summed E-state index contributed by atoms with van der Waals surface area (Å²) in [4.78, 5) is 15.2. The molecule has 4 heterocycles. The fourth-order valence-corrected chi connectivity index (χ4v) is 7.04. The predicted octanol–water partition coefficient (Wildman–Crippen LogP) is 4.67. The zero-order chi connectivity index (χ0) is 24.0. The van der Waals surface area contributed by atoms with Gasteiger partial charge in [-0.1, -0.05) is 18.2 Å². The fraction of sp³-hybridized carbons (Fsp3) is 0.571. The van der Waals surface area contributed by atoms with Crippen LogP contribution in [0.15, 0.2) is 23.6 Å². The molecule has 1 N–H and O–H groups in total. The van der Waals surface area contributed by atoms with E-state index in [9.17, 15) is 5.11 Å². The highest BCUT2D eigenvalue weighted by molar-refractivity contribution is 7.17. The van der Waals surface area contributed by atoms with Crippen molar-refractivity contribution in [2.45, 2.75) is 58.1 Å². The molecule has 2 saturated heterocycles. The number of nitrogens with zero attached hydrogens (tertiary/aromatic N) is 4. The predicted molar refractivity (Wildman–Crippen MR) is 142 cm³/mol. The number of aryl methyl sites for hydroxylation is 1. The molecule has 3 aromatic rings. The Morgan fingerprint density at radius 3 is 2.66 bits per heavy atom. The summed E-state index contributed by atoms with van der Waals surface area (Å²) in [7, 11) is 0. The Hall–Kier alpha value is -2.06. The van der Waals surface area contributed by atoms with Gasteiger partial charge >= 0.3 is 0 Å². The summed E-state index contributed by atoms with van der Waals surface area (Å²) in [5.41, 5.74) is 7.18. The van der Waals surface area contributed by atoms with E-state index in [0.29, 0.717) is 5.92 Å². The lowest BCUT2D eigenvalue weighted by Crippen LogP contribution is -2.41. The lowest BCUT2D eigenvalue weighted by molar-refractivity contribution is -0.0135. The molecular formula is C28H36N4O2S. The van der Waals surface area contributed by atoms with Crippen molar-refractivity contribution in [1.82, 2.24) is 14.9 Å². The van der Waals surface area contributed by atoms with Crippen LogP contribution < -0.4 is 4.90 Å². The Bertz CT molecular complexity index is 1200. The Morgan fingerprint density at radius 2 is 1.89 bits per heavy atom. The van der Waals surface area contributed by atoms with Gasteiger partial charge in [0.05, 0.1) is 34.7 Å². The van der Waals surface area contributed by atoms with E-state index in [-0.39, 0.29) is 0 Å². The molecule has 35 heavy (non-hydrogen) atoms. The number of anilines is 1. The van der Waals surface area contributed by atoms with Gasteiger partial charge in [-0.15, -0.1) is 11.3 Å². The highest BCUT2D eigenvalue weighted by atomic mass is 32.1. The molecule has 1 aromatic carbocycles. The average molecular weight is 493 g/mol. The summed E-state index contributed by atoms with van der Waals surface area (Å²) in [5, 5.41) is 12.7. The second-order valence-electron chi connectivity index (χ2n) is 10.9. The van der Waals surface area contributed by atoms with Crippen LogP contribution in [0.25, 0.3) is 21.5 Å².